The predicted octanol–water partition coefficient (Wildman–Crippen LogP) is 5.80. The number of hydrogen-bond donors (Lipinski definition) is 0. The van der Waals surface area contributed by atoms with Crippen LogP contribution in [0.1, 0.15) is 18.3 Å². The average molecular weight is 358 g/mol. The van der Waals surface area contributed by atoms with Gasteiger partial charge in [-0.05, 0) is 41.1 Å². The van der Waals surface area contributed by atoms with Crippen molar-refractivity contribution in [3.8, 4) is 21.6 Å². The van der Waals surface area contributed by atoms with E-state index < -0.39 is 11.6 Å². The van der Waals surface area contributed by atoms with E-state index in [9.17, 15) is 8.78 Å². The van der Waals surface area contributed by atoms with Crippen molar-refractivity contribution in [1.29, 1.82) is 0 Å². The van der Waals surface area contributed by atoms with E-state index >= 15 is 0 Å². The van der Waals surface area contributed by atoms with Crippen LogP contribution in [0, 0.1) is 11.6 Å². The van der Waals surface area contributed by atoms with E-state index in [0.29, 0.717) is 23.7 Å². The summed E-state index contributed by atoms with van der Waals surface area (Å²) in [5.74, 6) is -1.11. The minimum atomic E-state index is -0.555. The van der Waals surface area contributed by atoms with Crippen LogP contribution < -0.4 is 0 Å². The Bertz CT molecular complexity index is 831. The van der Waals surface area contributed by atoms with Gasteiger partial charge >= 0.3 is 0 Å². The van der Waals surface area contributed by atoms with Crippen molar-refractivity contribution in [2.24, 2.45) is 0 Å². The molecule has 0 amide bonds. The van der Waals surface area contributed by atoms with Crippen molar-refractivity contribution in [2.45, 2.75) is 12.7 Å². The Morgan fingerprint density at radius 3 is 2.16 bits per heavy atom. The van der Waals surface area contributed by atoms with Crippen LogP contribution in [0.5, 0.6) is 0 Å². The average Bonchev–Trinajstić information content (AvgIpc) is 3.16. The molecule has 1 aliphatic heterocycles. The molecule has 128 valence electrons. The Labute approximate surface area is 148 Å². The van der Waals surface area contributed by atoms with Crippen LogP contribution in [-0.2, 0) is 9.47 Å². The van der Waals surface area contributed by atoms with Gasteiger partial charge in [0.05, 0.1) is 18.8 Å². The van der Waals surface area contributed by atoms with Crippen LogP contribution in [0.15, 0.2) is 53.9 Å². The molecule has 0 bridgehead atoms. The van der Waals surface area contributed by atoms with Crippen LogP contribution in [0.2, 0.25) is 0 Å². The summed E-state index contributed by atoms with van der Waals surface area (Å²) in [4.78, 5) is 0.587. The first kappa shape index (κ1) is 16.4. The van der Waals surface area contributed by atoms with Gasteiger partial charge < -0.3 is 9.47 Å². The van der Waals surface area contributed by atoms with Gasteiger partial charge in [0, 0.05) is 10.4 Å². The molecule has 0 spiro atoms. The molecule has 3 aromatic rings. The maximum absolute atomic E-state index is 14.5. The zero-order valence-electron chi connectivity index (χ0n) is 13.4. The van der Waals surface area contributed by atoms with Crippen molar-refractivity contribution in [2.75, 3.05) is 13.2 Å². The summed E-state index contributed by atoms with van der Waals surface area (Å²) in [6.45, 7) is 1.35. The number of benzene rings is 2. The quantitative estimate of drug-likeness (QED) is 0.589. The molecule has 2 aromatic carbocycles. The summed E-state index contributed by atoms with van der Waals surface area (Å²) in [6.07, 6.45) is 0.529. The Morgan fingerprint density at radius 2 is 1.56 bits per heavy atom. The summed E-state index contributed by atoms with van der Waals surface area (Å²) in [7, 11) is 0. The molecule has 0 N–H and O–H groups in total. The third-order valence-corrected chi connectivity index (χ3v) is 5.04. The fourth-order valence-corrected chi connectivity index (χ4v) is 3.68. The van der Waals surface area contributed by atoms with Gasteiger partial charge in [-0.1, -0.05) is 30.3 Å². The molecular formula is C20H16F2O2S. The second-order valence-corrected chi connectivity index (χ2v) is 6.79. The fourth-order valence-electron chi connectivity index (χ4n) is 2.91. The zero-order valence-corrected chi connectivity index (χ0v) is 14.2. The van der Waals surface area contributed by atoms with E-state index in [0.717, 1.165) is 17.5 Å². The van der Waals surface area contributed by atoms with Crippen LogP contribution in [0.3, 0.4) is 0 Å². The summed E-state index contributed by atoms with van der Waals surface area (Å²) in [6, 6.07) is 13.6. The minimum Gasteiger partial charge on any atom is -0.348 e. The summed E-state index contributed by atoms with van der Waals surface area (Å²) < 4.78 is 40.0. The van der Waals surface area contributed by atoms with Crippen LogP contribution in [-0.4, -0.2) is 13.2 Å². The van der Waals surface area contributed by atoms with Gasteiger partial charge in [-0.3, -0.25) is 0 Å². The normalized spacial score (nSPS) is 15.4. The summed E-state index contributed by atoms with van der Waals surface area (Å²) >= 11 is 1.32. The summed E-state index contributed by atoms with van der Waals surface area (Å²) in [5.41, 5.74) is 2.18. The monoisotopic (exact) mass is 358 g/mol. The van der Waals surface area contributed by atoms with Gasteiger partial charge in [-0.2, -0.15) is 0 Å². The number of hydrogen-bond acceptors (Lipinski definition) is 3. The number of halogens is 2. The van der Waals surface area contributed by atoms with Crippen LogP contribution >= 0.6 is 11.3 Å². The molecule has 2 nitrogen and oxygen atoms in total. The topological polar surface area (TPSA) is 18.5 Å². The second-order valence-electron chi connectivity index (χ2n) is 5.84. The lowest BCUT2D eigenvalue weighted by atomic mass is 10.0. The number of thiophene rings is 1. The highest BCUT2D eigenvalue weighted by Gasteiger charge is 2.18. The molecule has 0 unspecified atom stereocenters. The Balaban J connectivity index is 1.63. The second kappa shape index (κ2) is 7.04. The number of rotatable bonds is 3. The van der Waals surface area contributed by atoms with Crippen molar-refractivity contribution < 1.29 is 18.3 Å². The zero-order chi connectivity index (χ0) is 17.2. The van der Waals surface area contributed by atoms with Crippen molar-refractivity contribution in [1.82, 2.24) is 0 Å². The lowest BCUT2D eigenvalue weighted by Gasteiger charge is -2.23. The first-order valence-electron chi connectivity index (χ1n) is 8.09. The third-order valence-electron chi connectivity index (χ3n) is 4.15. The standard InChI is InChI=1S/C20H16F2O2S/c21-16-11-15(12-17(22)19(16)18-3-1-10-25-18)13-4-6-14(7-5-13)20-23-8-2-9-24-20/h1,3-7,10-12,20H,2,8-9H2. The molecule has 1 aromatic heterocycles. The van der Waals surface area contributed by atoms with Crippen LogP contribution in [0.25, 0.3) is 21.6 Å². The maximum Gasteiger partial charge on any atom is 0.183 e. The lowest BCUT2D eigenvalue weighted by molar-refractivity contribution is -0.183. The van der Waals surface area contributed by atoms with Gasteiger partial charge in [-0.15, -0.1) is 11.3 Å². The Morgan fingerprint density at radius 1 is 0.880 bits per heavy atom. The fraction of sp³-hybridized carbons (Fsp3) is 0.200. The van der Waals surface area contributed by atoms with E-state index in [2.05, 4.69) is 0 Å². The number of ether oxygens (including phenoxy) is 2. The molecule has 5 heteroatoms. The highest BCUT2D eigenvalue weighted by Crippen LogP contribution is 2.34. The molecule has 0 saturated carbocycles. The van der Waals surface area contributed by atoms with Crippen LogP contribution in [0.4, 0.5) is 8.78 Å². The van der Waals surface area contributed by atoms with E-state index in [1.54, 1.807) is 17.5 Å². The first-order chi connectivity index (χ1) is 12.2. The molecule has 1 saturated heterocycles. The van der Waals surface area contributed by atoms with Gasteiger partial charge in [0.1, 0.15) is 11.6 Å². The Hall–Kier alpha value is -2.08. The van der Waals surface area contributed by atoms with Crippen molar-refractivity contribution in [3.05, 3.63) is 71.1 Å². The van der Waals surface area contributed by atoms with E-state index in [1.807, 2.05) is 24.3 Å². The molecule has 2 heterocycles. The molecule has 0 atom stereocenters. The highest BCUT2D eigenvalue weighted by molar-refractivity contribution is 7.13. The summed E-state index contributed by atoms with van der Waals surface area (Å²) in [5, 5.41) is 1.80. The SMILES string of the molecule is Fc1cc(-c2ccc(C3OCCCO3)cc2)cc(F)c1-c1cccs1. The third kappa shape index (κ3) is 3.35. The van der Waals surface area contributed by atoms with E-state index in [1.165, 1.54) is 23.5 Å². The smallest absolute Gasteiger partial charge is 0.183 e. The van der Waals surface area contributed by atoms with Gasteiger partial charge in [-0.25, -0.2) is 8.78 Å². The van der Waals surface area contributed by atoms with Gasteiger partial charge in [0.15, 0.2) is 6.29 Å². The molecule has 25 heavy (non-hydrogen) atoms. The molecule has 1 fully saturated rings. The minimum absolute atomic E-state index is 0.0272. The molecular weight excluding hydrogens is 342 g/mol. The lowest BCUT2D eigenvalue weighted by Crippen LogP contribution is -2.17. The Kier molecular flexibility index (Phi) is 4.61. The van der Waals surface area contributed by atoms with E-state index in [-0.39, 0.29) is 11.9 Å². The van der Waals surface area contributed by atoms with Crippen molar-refractivity contribution in [3.63, 3.8) is 0 Å². The molecule has 0 aliphatic carbocycles. The van der Waals surface area contributed by atoms with Crippen molar-refractivity contribution >= 4 is 11.3 Å². The highest BCUT2D eigenvalue weighted by atomic mass is 32.1. The molecule has 1 aliphatic rings. The molecule has 0 radical (unpaired) electrons. The first-order valence-corrected chi connectivity index (χ1v) is 8.97. The van der Waals surface area contributed by atoms with E-state index in [4.69, 9.17) is 9.47 Å². The largest absolute Gasteiger partial charge is 0.348 e. The van der Waals surface area contributed by atoms with Gasteiger partial charge in [0.2, 0.25) is 0 Å². The van der Waals surface area contributed by atoms with Gasteiger partial charge in [0.25, 0.3) is 0 Å². The predicted molar refractivity (Wildman–Crippen MR) is 94.4 cm³/mol. The maximum atomic E-state index is 14.5. The molecule has 4 rings (SSSR count).